The number of nitrogens with zero attached hydrogens (tertiary/aromatic N) is 1. The molecule has 4 nitrogen and oxygen atoms in total. The Morgan fingerprint density at radius 2 is 2.00 bits per heavy atom. The first-order chi connectivity index (χ1) is 8.19. The number of furan rings is 1. The van der Waals surface area contributed by atoms with E-state index in [-0.39, 0.29) is 12.1 Å². The summed E-state index contributed by atoms with van der Waals surface area (Å²) in [6.07, 6.45) is -0.313. The van der Waals surface area contributed by atoms with Gasteiger partial charge in [-0.3, -0.25) is 4.90 Å². The molecule has 0 saturated heterocycles. The Morgan fingerprint density at radius 1 is 1.39 bits per heavy atom. The minimum absolute atomic E-state index is 0.0604. The highest BCUT2D eigenvalue weighted by Crippen LogP contribution is 2.16. The highest BCUT2D eigenvalue weighted by atomic mass is 16.6. The predicted molar refractivity (Wildman–Crippen MR) is 70.4 cm³/mol. The zero-order chi connectivity index (χ0) is 13.9. The van der Waals surface area contributed by atoms with E-state index >= 15 is 0 Å². The molecule has 0 bridgehead atoms. The molecule has 18 heavy (non-hydrogen) atoms. The van der Waals surface area contributed by atoms with E-state index in [9.17, 15) is 4.79 Å². The maximum Gasteiger partial charge on any atom is 0.410 e. The van der Waals surface area contributed by atoms with E-state index in [0.717, 1.165) is 11.5 Å². The third kappa shape index (κ3) is 4.43. The Kier molecular flexibility index (Phi) is 4.43. The predicted octanol–water partition coefficient (Wildman–Crippen LogP) is 3.73. The third-order valence-electron chi connectivity index (χ3n) is 2.37. The van der Waals surface area contributed by atoms with Crippen LogP contribution in [-0.2, 0) is 11.3 Å². The van der Waals surface area contributed by atoms with Gasteiger partial charge >= 0.3 is 6.09 Å². The van der Waals surface area contributed by atoms with Crippen molar-refractivity contribution in [2.24, 2.45) is 0 Å². The summed E-state index contributed by atoms with van der Waals surface area (Å²) in [4.78, 5) is 13.7. The van der Waals surface area contributed by atoms with Gasteiger partial charge in [-0.15, -0.1) is 0 Å². The lowest BCUT2D eigenvalue weighted by Gasteiger charge is -2.29. The van der Waals surface area contributed by atoms with Gasteiger partial charge in [0.15, 0.2) is 0 Å². The van der Waals surface area contributed by atoms with Crippen LogP contribution < -0.4 is 0 Å². The van der Waals surface area contributed by atoms with Gasteiger partial charge in [0.05, 0.1) is 6.54 Å². The molecule has 0 aliphatic carbocycles. The molecule has 0 aliphatic rings. The number of carbonyl (C=O) groups is 1. The minimum Gasteiger partial charge on any atom is -0.464 e. The monoisotopic (exact) mass is 253 g/mol. The molecular formula is C14H23NO3. The summed E-state index contributed by atoms with van der Waals surface area (Å²) < 4.78 is 10.9. The molecule has 0 aliphatic heterocycles. The topological polar surface area (TPSA) is 42.7 Å². The Balaban J connectivity index is 2.74. The van der Waals surface area contributed by atoms with Crippen LogP contribution in [0.15, 0.2) is 16.5 Å². The molecule has 0 spiro atoms. The highest BCUT2D eigenvalue weighted by molar-refractivity contribution is 5.68. The van der Waals surface area contributed by atoms with Crippen LogP contribution in [0.4, 0.5) is 4.79 Å². The van der Waals surface area contributed by atoms with Crippen LogP contribution in [0.2, 0.25) is 0 Å². The first-order valence-corrected chi connectivity index (χ1v) is 6.24. The van der Waals surface area contributed by atoms with Crippen molar-refractivity contribution in [1.29, 1.82) is 0 Å². The van der Waals surface area contributed by atoms with Crippen molar-refractivity contribution in [1.82, 2.24) is 4.90 Å². The summed E-state index contributed by atoms with van der Waals surface area (Å²) in [5.41, 5.74) is -0.483. The zero-order valence-electron chi connectivity index (χ0n) is 12.1. The van der Waals surface area contributed by atoms with Gasteiger partial charge in [-0.25, -0.2) is 4.79 Å². The number of carbonyl (C=O) groups excluding carboxylic acids is 1. The molecule has 0 aromatic carbocycles. The molecule has 1 aromatic rings. The molecule has 1 aromatic heterocycles. The zero-order valence-corrected chi connectivity index (χ0v) is 12.1. The Morgan fingerprint density at radius 3 is 2.39 bits per heavy atom. The lowest BCUT2D eigenvalue weighted by molar-refractivity contribution is 0.0157. The number of aryl methyl sites for hydroxylation is 1. The van der Waals surface area contributed by atoms with Gasteiger partial charge in [-0.2, -0.15) is 0 Å². The molecule has 1 rings (SSSR count). The van der Waals surface area contributed by atoms with Crippen LogP contribution in [-0.4, -0.2) is 22.6 Å². The fourth-order valence-corrected chi connectivity index (χ4v) is 1.52. The number of ether oxygens (including phenoxy) is 1. The molecule has 1 heterocycles. The van der Waals surface area contributed by atoms with Crippen molar-refractivity contribution < 1.29 is 13.9 Å². The van der Waals surface area contributed by atoms with Crippen LogP contribution in [0.25, 0.3) is 0 Å². The van der Waals surface area contributed by atoms with Gasteiger partial charge in [0.25, 0.3) is 0 Å². The lowest BCUT2D eigenvalue weighted by atomic mass is 10.2. The summed E-state index contributed by atoms with van der Waals surface area (Å²) in [5, 5.41) is 0. The molecule has 1 amide bonds. The van der Waals surface area contributed by atoms with E-state index in [1.54, 1.807) is 4.90 Å². The van der Waals surface area contributed by atoms with E-state index in [1.807, 2.05) is 53.7 Å². The average molecular weight is 253 g/mol. The van der Waals surface area contributed by atoms with E-state index < -0.39 is 5.60 Å². The summed E-state index contributed by atoms with van der Waals surface area (Å²) in [6, 6.07) is 3.84. The fraction of sp³-hybridized carbons (Fsp3) is 0.643. The maximum absolute atomic E-state index is 12.1. The Labute approximate surface area is 109 Å². The number of amides is 1. The fourth-order valence-electron chi connectivity index (χ4n) is 1.52. The smallest absolute Gasteiger partial charge is 0.410 e. The van der Waals surface area contributed by atoms with Crippen LogP contribution in [0, 0.1) is 6.92 Å². The molecular weight excluding hydrogens is 230 g/mol. The van der Waals surface area contributed by atoms with Gasteiger partial charge in [-0.05, 0) is 53.7 Å². The lowest BCUT2D eigenvalue weighted by Crippen LogP contribution is -2.40. The van der Waals surface area contributed by atoms with Crippen LogP contribution in [0.3, 0.4) is 0 Å². The standard InChI is InChI=1S/C14H23NO3/c1-10(2)15(13(16)18-14(4,5)6)9-12-8-7-11(3)17-12/h7-8,10H,9H2,1-6H3. The van der Waals surface area contributed by atoms with E-state index in [4.69, 9.17) is 9.15 Å². The van der Waals surface area contributed by atoms with Gasteiger partial charge in [0.1, 0.15) is 17.1 Å². The first-order valence-electron chi connectivity index (χ1n) is 6.24. The van der Waals surface area contributed by atoms with Gasteiger partial charge in [-0.1, -0.05) is 0 Å². The molecule has 0 saturated carbocycles. The summed E-state index contributed by atoms with van der Waals surface area (Å²) in [6.45, 7) is 11.8. The van der Waals surface area contributed by atoms with Crippen molar-refractivity contribution in [2.45, 2.75) is 59.7 Å². The van der Waals surface area contributed by atoms with Crippen molar-refractivity contribution >= 4 is 6.09 Å². The summed E-state index contributed by atoms with van der Waals surface area (Å²) in [5.74, 6) is 1.62. The van der Waals surface area contributed by atoms with Crippen molar-refractivity contribution in [3.8, 4) is 0 Å². The van der Waals surface area contributed by atoms with Gasteiger partial charge in [0.2, 0.25) is 0 Å². The second-order valence-corrected chi connectivity index (χ2v) is 5.71. The molecule has 0 unspecified atom stereocenters. The van der Waals surface area contributed by atoms with E-state index in [0.29, 0.717) is 6.54 Å². The SMILES string of the molecule is Cc1ccc(CN(C(=O)OC(C)(C)C)C(C)C)o1. The quantitative estimate of drug-likeness (QED) is 0.824. The van der Waals surface area contributed by atoms with Gasteiger partial charge < -0.3 is 9.15 Å². The van der Waals surface area contributed by atoms with Crippen LogP contribution in [0.1, 0.15) is 46.1 Å². The second-order valence-electron chi connectivity index (χ2n) is 5.71. The number of hydrogen-bond donors (Lipinski definition) is 0. The van der Waals surface area contributed by atoms with Crippen LogP contribution in [0.5, 0.6) is 0 Å². The first kappa shape index (κ1) is 14.6. The largest absolute Gasteiger partial charge is 0.464 e. The minimum atomic E-state index is -0.483. The van der Waals surface area contributed by atoms with Crippen LogP contribution >= 0.6 is 0 Å². The molecule has 0 N–H and O–H groups in total. The Hall–Kier alpha value is -1.45. The number of hydrogen-bond acceptors (Lipinski definition) is 3. The number of rotatable bonds is 3. The normalized spacial score (nSPS) is 11.7. The second kappa shape index (κ2) is 5.46. The molecule has 0 fully saturated rings. The van der Waals surface area contributed by atoms with E-state index in [1.165, 1.54) is 0 Å². The molecule has 102 valence electrons. The molecule has 0 radical (unpaired) electrons. The average Bonchev–Trinajstić information content (AvgIpc) is 2.57. The summed E-state index contributed by atoms with van der Waals surface area (Å²) in [7, 11) is 0. The molecule has 4 heteroatoms. The summed E-state index contributed by atoms with van der Waals surface area (Å²) >= 11 is 0. The third-order valence-corrected chi connectivity index (χ3v) is 2.37. The maximum atomic E-state index is 12.1. The molecule has 0 atom stereocenters. The van der Waals surface area contributed by atoms with Gasteiger partial charge in [0, 0.05) is 6.04 Å². The van der Waals surface area contributed by atoms with Crippen molar-refractivity contribution in [2.75, 3.05) is 0 Å². The van der Waals surface area contributed by atoms with E-state index in [2.05, 4.69) is 0 Å². The van der Waals surface area contributed by atoms with Crippen molar-refractivity contribution in [3.63, 3.8) is 0 Å². The highest BCUT2D eigenvalue weighted by Gasteiger charge is 2.24. The Bertz CT molecular complexity index is 401. The van der Waals surface area contributed by atoms with Crippen molar-refractivity contribution in [3.05, 3.63) is 23.7 Å².